The molecule has 1 rings (SSSR count). The summed E-state index contributed by atoms with van der Waals surface area (Å²) in [6.07, 6.45) is 4.39. The molecular formula is C10H15ClOS. The smallest absolute Gasteiger partial charge is 0.157 e. The Kier molecular flexibility index (Phi) is 4.65. The van der Waals surface area contributed by atoms with E-state index in [1.165, 1.54) is 10.5 Å². The van der Waals surface area contributed by atoms with Gasteiger partial charge >= 0.3 is 0 Å². The molecule has 0 radical (unpaired) electrons. The van der Waals surface area contributed by atoms with Crippen LogP contribution in [0, 0.1) is 13.8 Å². The van der Waals surface area contributed by atoms with E-state index < -0.39 is 0 Å². The van der Waals surface area contributed by atoms with Gasteiger partial charge < -0.3 is 17.5 Å². The first kappa shape index (κ1) is 12.7. The Morgan fingerprint density at radius 2 is 1.62 bits per heavy atom. The summed E-state index contributed by atoms with van der Waals surface area (Å²) >= 11 is 0. The van der Waals surface area contributed by atoms with Crippen LogP contribution in [0.3, 0.4) is 0 Å². The van der Waals surface area contributed by atoms with Gasteiger partial charge in [-0.05, 0) is 31.5 Å². The SMILES string of the molecule is Cc1cc([S+](C)C)c(C)cc1O.[Cl-]. The summed E-state index contributed by atoms with van der Waals surface area (Å²) in [6, 6.07) is 3.92. The lowest BCUT2D eigenvalue weighted by atomic mass is 10.1. The number of hydrogen-bond acceptors (Lipinski definition) is 1. The molecule has 1 nitrogen and oxygen atoms in total. The summed E-state index contributed by atoms with van der Waals surface area (Å²) in [5, 5.41) is 9.41. The summed E-state index contributed by atoms with van der Waals surface area (Å²) in [4.78, 5) is 1.35. The molecule has 0 aliphatic carbocycles. The van der Waals surface area contributed by atoms with Crippen molar-refractivity contribution >= 4 is 10.9 Å². The minimum atomic E-state index is 0. The van der Waals surface area contributed by atoms with Crippen LogP contribution >= 0.6 is 0 Å². The van der Waals surface area contributed by atoms with Gasteiger partial charge in [0.15, 0.2) is 4.90 Å². The zero-order valence-electron chi connectivity index (χ0n) is 8.39. The van der Waals surface area contributed by atoms with Crippen LogP contribution in [0.15, 0.2) is 17.0 Å². The van der Waals surface area contributed by atoms with Gasteiger partial charge in [-0.3, -0.25) is 0 Å². The molecule has 0 aliphatic heterocycles. The molecule has 0 saturated heterocycles. The zero-order chi connectivity index (χ0) is 9.30. The Bertz CT molecular complexity index is 297. The van der Waals surface area contributed by atoms with E-state index in [-0.39, 0.29) is 23.3 Å². The largest absolute Gasteiger partial charge is 1.00 e. The number of aryl methyl sites for hydroxylation is 2. The van der Waals surface area contributed by atoms with Gasteiger partial charge in [0.05, 0.1) is 0 Å². The quantitative estimate of drug-likeness (QED) is 0.616. The second-order valence-corrected chi connectivity index (χ2v) is 5.29. The highest BCUT2D eigenvalue weighted by Crippen LogP contribution is 2.24. The molecule has 0 bridgehead atoms. The molecule has 0 saturated carbocycles. The third kappa shape index (κ3) is 2.82. The van der Waals surface area contributed by atoms with Crippen molar-refractivity contribution in [1.82, 2.24) is 0 Å². The Hall–Kier alpha value is -0.340. The van der Waals surface area contributed by atoms with E-state index in [0.717, 1.165) is 5.56 Å². The highest BCUT2D eigenvalue weighted by Gasteiger charge is 2.13. The summed E-state index contributed by atoms with van der Waals surface area (Å²) in [7, 11) is 0.280. The first-order valence-electron chi connectivity index (χ1n) is 3.90. The van der Waals surface area contributed by atoms with Crippen LogP contribution in [-0.2, 0) is 10.9 Å². The van der Waals surface area contributed by atoms with Crippen molar-refractivity contribution in [2.75, 3.05) is 12.5 Å². The molecule has 0 heterocycles. The number of phenols is 1. The highest BCUT2D eigenvalue weighted by molar-refractivity contribution is 7.95. The third-order valence-electron chi connectivity index (χ3n) is 1.93. The molecule has 0 atom stereocenters. The third-order valence-corrected chi connectivity index (χ3v) is 3.25. The van der Waals surface area contributed by atoms with Crippen LogP contribution in [0.2, 0.25) is 0 Å². The van der Waals surface area contributed by atoms with Gasteiger partial charge in [-0.2, -0.15) is 0 Å². The first-order chi connectivity index (χ1) is 5.52. The molecule has 1 aromatic rings. The summed E-state index contributed by atoms with van der Waals surface area (Å²) in [6.45, 7) is 3.98. The van der Waals surface area contributed by atoms with Gasteiger partial charge in [0.25, 0.3) is 0 Å². The molecule has 0 fully saturated rings. The van der Waals surface area contributed by atoms with Gasteiger partial charge in [0, 0.05) is 16.5 Å². The molecule has 0 aliphatic rings. The summed E-state index contributed by atoms with van der Waals surface area (Å²) in [5.74, 6) is 0.404. The van der Waals surface area contributed by atoms with Gasteiger partial charge in [0.1, 0.15) is 18.3 Å². The van der Waals surface area contributed by atoms with E-state index in [2.05, 4.69) is 18.6 Å². The number of benzene rings is 1. The minimum Gasteiger partial charge on any atom is -1.00 e. The van der Waals surface area contributed by atoms with E-state index in [4.69, 9.17) is 0 Å². The van der Waals surface area contributed by atoms with Crippen LogP contribution in [0.25, 0.3) is 0 Å². The molecule has 13 heavy (non-hydrogen) atoms. The summed E-state index contributed by atoms with van der Waals surface area (Å²) in [5.41, 5.74) is 2.16. The van der Waals surface area contributed by atoms with E-state index in [1.807, 2.05) is 19.9 Å². The van der Waals surface area contributed by atoms with E-state index >= 15 is 0 Å². The van der Waals surface area contributed by atoms with Crippen LogP contribution in [-0.4, -0.2) is 17.6 Å². The first-order valence-corrected chi connectivity index (χ1v) is 5.94. The average Bonchev–Trinajstić information content (AvgIpc) is 1.96. The lowest BCUT2D eigenvalue weighted by molar-refractivity contribution is -0.00000378. The minimum absolute atomic E-state index is 0. The lowest BCUT2D eigenvalue weighted by Gasteiger charge is -2.04. The average molecular weight is 219 g/mol. The lowest BCUT2D eigenvalue weighted by Crippen LogP contribution is -3.00. The topological polar surface area (TPSA) is 20.2 Å². The fraction of sp³-hybridized carbons (Fsp3) is 0.400. The van der Waals surface area contributed by atoms with Gasteiger partial charge in [-0.25, -0.2) is 0 Å². The number of rotatable bonds is 1. The van der Waals surface area contributed by atoms with Crippen molar-refractivity contribution in [2.24, 2.45) is 0 Å². The molecule has 0 spiro atoms. The standard InChI is InChI=1S/C10H14OS.ClH/c1-7-6-10(12(3)4)8(2)5-9(7)11;/h5-6H,1-4H3;1H. The van der Waals surface area contributed by atoms with Crippen LogP contribution in [0.1, 0.15) is 11.1 Å². The van der Waals surface area contributed by atoms with Gasteiger partial charge in [-0.1, -0.05) is 0 Å². The van der Waals surface area contributed by atoms with Crippen molar-refractivity contribution in [3.05, 3.63) is 23.3 Å². The number of aromatic hydroxyl groups is 1. The van der Waals surface area contributed by atoms with Crippen molar-refractivity contribution < 1.29 is 17.5 Å². The normalized spacial score (nSPS) is 9.92. The Morgan fingerprint density at radius 3 is 2.08 bits per heavy atom. The highest BCUT2D eigenvalue weighted by atomic mass is 35.5. The van der Waals surface area contributed by atoms with E-state index in [1.54, 1.807) is 0 Å². The molecule has 0 unspecified atom stereocenters. The predicted molar refractivity (Wildman–Crippen MR) is 55.1 cm³/mol. The monoisotopic (exact) mass is 218 g/mol. The zero-order valence-corrected chi connectivity index (χ0v) is 9.96. The number of halogens is 1. The molecular weight excluding hydrogens is 204 g/mol. The molecule has 0 aromatic heterocycles. The fourth-order valence-electron chi connectivity index (χ4n) is 1.21. The van der Waals surface area contributed by atoms with Crippen LogP contribution in [0.4, 0.5) is 0 Å². The predicted octanol–water partition coefficient (Wildman–Crippen LogP) is -0.750. The maximum Gasteiger partial charge on any atom is 0.157 e. The van der Waals surface area contributed by atoms with E-state index in [0.29, 0.717) is 5.75 Å². The Labute approximate surface area is 88.9 Å². The molecule has 0 amide bonds. The fourth-order valence-corrected chi connectivity index (χ4v) is 2.33. The molecule has 74 valence electrons. The van der Waals surface area contributed by atoms with E-state index in [9.17, 15) is 5.11 Å². The Balaban J connectivity index is 0.00000144. The van der Waals surface area contributed by atoms with Crippen molar-refractivity contribution in [1.29, 1.82) is 0 Å². The number of phenolic OH excluding ortho intramolecular Hbond substituents is 1. The summed E-state index contributed by atoms with van der Waals surface area (Å²) < 4.78 is 0. The Morgan fingerprint density at radius 1 is 1.08 bits per heavy atom. The molecule has 1 N–H and O–H groups in total. The second kappa shape index (κ2) is 4.77. The number of hydrogen-bond donors (Lipinski definition) is 1. The molecule has 3 heteroatoms. The van der Waals surface area contributed by atoms with Crippen molar-refractivity contribution in [2.45, 2.75) is 18.7 Å². The maximum atomic E-state index is 9.41. The van der Waals surface area contributed by atoms with Crippen molar-refractivity contribution in [3.63, 3.8) is 0 Å². The van der Waals surface area contributed by atoms with Gasteiger partial charge in [0.2, 0.25) is 0 Å². The van der Waals surface area contributed by atoms with Crippen LogP contribution < -0.4 is 12.4 Å². The maximum absolute atomic E-state index is 9.41. The molecule has 1 aromatic carbocycles. The van der Waals surface area contributed by atoms with Crippen molar-refractivity contribution in [3.8, 4) is 5.75 Å². The second-order valence-electron chi connectivity index (χ2n) is 3.22. The van der Waals surface area contributed by atoms with Crippen LogP contribution in [0.5, 0.6) is 5.75 Å². The van der Waals surface area contributed by atoms with Gasteiger partial charge in [-0.15, -0.1) is 0 Å².